The third-order valence-electron chi connectivity index (χ3n) is 4.07. The van der Waals surface area contributed by atoms with Gasteiger partial charge in [-0.1, -0.05) is 42.5 Å². The highest BCUT2D eigenvalue weighted by molar-refractivity contribution is 5.73. The predicted molar refractivity (Wildman–Crippen MR) is 99.0 cm³/mol. The number of amides is 2. The Kier molecular flexibility index (Phi) is 5.63. The minimum atomic E-state index is -0.289. The molecule has 0 aliphatic carbocycles. The smallest absolute Gasteiger partial charge is 0.315 e. The van der Waals surface area contributed by atoms with E-state index in [1.165, 1.54) is 12.1 Å². The molecule has 0 saturated heterocycles. The van der Waals surface area contributed by atoms with Crippen molar-refractivity contribution in [1.82, 2.24) is 20.2 Å². The molecule has 134 valence electrons. The zero-order valence-electron chi connectivity index (χ0n) is 14.6. The maximum absolute atomic E-state index is 12.9. The molecule has 2 N–H and O–H groups in total. The van der Waals surface area contributed by atoms with E-state index < -0.39 is 0 Å². The summed E-state index contributed by atoms with van der Waals surface area (Å²) in [6.45, 7) is 3.45. The van der Waals surface area contributed by atoms with Crippen molar-refractivity contribution in [2.75, 3.05) is 6.54 Å². The van der Waals surface area contributed by atoms with Crippen LogP contribution in [0.4, 0.5) is 9.18 Å². The molecule has 1 heterocycles. The largest absolute Gasteiger partial charge is 0.336 e. The van der Waals surface area contributed by atoms with E-state index in [-0.39, 0.29) is 11.8 Å². The van der Waals surface area contributed by atoms with Gasteiger partial charge in [0.1, 0.15) is 11.6 Å². The number of nitrogens with one attached hydrogen (secondary N) is 2. The maximum Gasteiger partial charge on any atom is 0.315 e. The summed E-state index contributed by atoms with van der Waals surface area (Å²) >= 11 is 0. The number of carbonyl (C=O) groups is 1. The van der Waals surface area contributed by atoms with Crippen molar-refractivity contribution in [3.05, 3.63) is 77.9 Å². The van der Waals surface area contributed by atoms with Crippen molar-refractivity contribution in [3.8, 4) is 11.4 Å². The summed E-state index contributed by atoms with van der Waals surface area (Å²) in [7, 11) is 0. The second kappa shape index (κ2) is 8.29. The van der Waals surface area contributed by atoms with Gasteiger partial charge in [-0.2, -0.15) is 0 Å². The highest BCUT2D eigenvalue weighted by Crippen LogP contribution is 2.18. The van der Waals surface area contributed by atoms with Crippen LogP contribution in [0.5, 0.6) is 0 Å². The molecule has 0 spiro atoms. The molecule has 6 heteroatoms. The van der Waals surface area contributed by atoms with Crippen molar-refractivity contribution in [2.24, 2.45) is 0 Å². The first kappa shape index (κ1) is 17.7. The number of aryl methyl sites for hydroxylation is 1. The van der Waals surface area contributed by atoms with Crippen LogP contribution in [0, 0.1) is 12.7 Å². The first-order valence-electron chi connectivity index (χ1n) is 8.47. The van der Waals surface area contributed by atoms with Gasteiger partial charge in [-0.25, -0.2) is 14.2 Å². The van der Waals surface area contributed by atoms with Crippen LogP contribution in [0.2, 0.25) is 0 Å². The van der Waals surface area contributed by atoms with E-state index in [0.717, 1.165) is 22.6 Å². The summed E-state index contributed by atoms with van der Waals surface area (Å²) < 4.78 is 14.9. The van der Waals surface area contributed by atoms with Crippen LogP contribution >= 0.6 is 0 Å². The van der Waals surface area contributed by atoms with Gasteiger partial charge < -0.3 is 15.2 Å². The Morgan fingerprint density at radius 1 is 1.08 bits per heavy atom. The Bertz CT molecular complexity index is 859. The summed E-state index contributed by atoms with van der Waals surface area (Å²) in [5, 5.41) is 5.60. The van der Waals surface area contributed by atoms with Gasteiger partial charge in [-0.3, -0.25) is 0 Å². The van der Waals surface area contributed by atoms with Crippen LogP contribution < -0.4 is 10.6 Å². The monoisotopic (exact) mass is 352 g/mol. The fraction of sp³-hybridized carbons (Fsp3) is 0.200. The molecule has 3 rings (SSSR count). The summed E-state index contributed by atoms with van der Waals surface area (Å²) in [4.78, 5) is 16.4. The summed E-state index contributed by atoms with van der Waals surface area (Å²) in [5.74, 6) is 0.597. The molecule has 1 aromatic heterocycles. The van der Waals surface area contributed by atoms with E-state index in [4.69, 9.17) is 0 Å². The predicted octanol–water partition coefficient (Wildman–Crippen LogP) is 3.50. The molecule has 26 heavy (non-hydrogen) atoms. The standard InChI is InChI=1S/C20H21FN4O/c1-15-13-23-19(17-5-3-2-4-6-17)25(15)12-11-22-20(26)24-14-16-7-9-18(21)10-8-16/h2-10,13H,11-12,14H2,1H3,(H2,22,24,26). The second-order valence-electron chi connectivity index (χ2n) is 5.98. The Hall–Kier alpha value is -3.15. The number of rotatable bonds is 6. The lowest BCUT2D eigenvalue weighted by Gasteiger charge is -2.12. The third-order valence-corrected chi connectivity index (χ3v) is 4.07. The highest BCUT2D eigenvalue weighted by Gasteiger charge is 2.09. The summed E-state index contributed by atoms with van der Waals surface area (Å²) in [6, 6.07) is 15.7. The Morgan fingerprint density at radius 2 is 1.81 bits per heavy atom. The first-order chi connectivity index (χ1) is 12.6. The average molecular weight is 352 g/mol. The number of carbonyl (C=O) groups excluding carboxylic acids is 1. The van der Waals surface area contributed by atoms with E-state index in [1.807, 2.05) is 43.5 Å². The van der Waals surface area contributed by atoms with Gasteiger partial charge in [0.2, 0.25) is 0 Å². The quantitative estimate of drug-likeness (QED) is 0.713. The van der Waals surface area contributed by atoms with Crippen LogP contribution in [0.25, 0.3) is 11.4 Å². The zero-order chi connectivity index (χ0) is 18.4. The third kappa shape index (κ3) is 4.47. The molecule has 3 aromatic rings. The van der Waals surface area contributed by atoms with Gasteiger partial charge in [0.25, 0.3) is 0 Å². The normalized spacial score (nSPS) is 10.5. The molecule has 0 radical (unpaired) electrons. The zero-order valence-corrected chi connectivity index (χ0v) is 14.6. The van der Waals surface area contributed by atoms with Gasteiger partial charge in [0.15, 0.2) is 0 Å². The van der Waals surface area contributed by atoms with Crippen LogP contribution in [-0.2, 0) is 13.1 Å². The van der Waals surface area contributed by atoms with Crippen molar-refractivity contribution in [1.29, 1.82) is 0 Å². The van der Waals surface area contributed by atoms with Gasteiger partial charge >= 0.3 is 6.03 Å². The van der Waals surface area contributed by atoms with Crippen molar-refractivity contribution in [2.45, 2.75) is 20.0 Å². The van der Waals surface area contributed by atoms with E-state index in [2.05, 4.69) is 20.2 Å². The average Bonchev–Trinajstić information content (AvgIpc) is 3.03. The maximum atomic E-state index is 12.9. The van der Waals surface area contributed by atoms with Crippen molar-refractivity contribution >= 4 is 6.03 Å². The minimum absolute atomic E-state index is 0.256. The fourth-order valence-electron chi connectivity index (χ4n) is 2.69. The molecular weight excluding hydrogens is 331 g/mol. The van der Waals surface area contributed by atoms with Crippen molar-refractivity contribution < 1.29 is 9.18 Å². The highest BCUT2D eigenvalue weighted by atomic mass is 19.1. The lowest BCUT2D eigenvalue weighted by Crippen LogP contribution is -2.36. The molecule has 2 amide bonds. The Balaban J connectivity index is 1.51. The van der Waals surface area contributed by atoms with Crippen LogP contribution in [-0.4, -0.2) is 22.1 Å². The molecule has 2 aromatic carbocycles. The molecule has 0 bridgehead atoms. The first-order valence-corrected chi connectivity index (χ1v) is 8.47. The van der Waals surface area contributed by atoms with Crippen molar-refractivity contribution in [3.63, 3.8) is 0 Å². The van der Waals surface area contributed by atoms with E-state index in [0.29, 0.717) is 19.6 Å². The number of hydrogen-bond acceptors (Lipinski definition) is 2. The lowest BCUT2D eigenvalue weighted by atomic mass is 10.2. The lowest BCUT2D eigenvalue weighted by molar-refractivity contribution is 0.240. The van der Waals surface area contributed by atoms with E-state index in [1.54, 1.807) is 12.1 Å². The van der Waals surface area contributed by atoms with Gasteiger partial charge in [-0.05, 0) is 24.6 Å². The molecular formula is C20H21FN4O. The van der Waals surface area contributed by atoms with Crippen LogP contribution in [0.15, 0.2) is 60.8 Å². The summed E-state index contributed by atoms with van der Waals surface area (Å²) in [5.41, 5.74) is 2.93. The fourth-order valence-corrected chi connectivity index (χ4v) is 2.69. The number of imidazole rings is 1. The molecule has 0 aliphatic heterocycles. The molecule has 5 nitrogen and oxygen atoms in total. The van der Waals surface area contributed by atoms with Crippen LogP contribution in [0.1, 0.15) is 11.3 Å². The summed E-state index contributed by atoms with van der Waals surface area (Å²) in [6.07, 6.45) is 1.83. The number of aromatic nitrogens is 2. The van der Waals surface area contributed by atoms with E-state index in [9.17, 15) is 9.18 Å². The number of urea groups is 1. The molecule has 0 atom stereocenters. The Labute approximate surface area is 151 Å². The minimum Gasteiger partial charge on any atom is -0.336 e. The van der Waals surface area contributed by atoms with Gasteiger partial charge in [-0.15, -0.1) is 0 Å². The van der Waals surface area contributed by atoms with Gasteiger partial charge in [0, 0.05) is 37.1 Å². The molecule has 0 saturated carbocycles. The molecule has 0 unspecified atom stereocenters. The number of halogens is 1. The second-order valence-corrected chi connectivity index (χ2v) is 5.98. The van der Waals surface area contributed by atoms with E-state index >= 15 is 0 Å². The molecule has 0 fully saturated rings. The van der Waals surface area contributed by atoms with Gasteiger partial charge in [0.05, 0.1) is 0 Å². The number of benzene rings is 2. The SMILES string of the molecule is Cc1cnc(-c2ccccc2)n1CCNC(=O)NCc1ccc(F)cc1. The molecule has 0 aliphatic rings. The topological polar surface area (TPSA) is 59.0 Å². The number of hydrogen-bond donors (Lipinski definition) is 2. The number of nitrogens with zero attached hydrogens (tertiary/aromatic N) is 2. The Morgan fingerprint density at radius 3 is 2.54 bits per heavy atom. The van der Waals surface area contributed by atoms with Crippen LogP contribution in [0.3, 0.4) is 0 Å².